The van der Waals surface area contributed by atoms with Crippen LogP contribution in [0.4, 0.5) is 5.69 Å². The molecular weight excluding hydrogens is 326 g/mol. The van der Waals surface area contributed by atoms with Crippen molar-refractivity contribution in [1.29, 1.82) is 0 Å². The number of sulfone groups is 1. The van der Waals surface area contributed by atoms with Crippen molar-refractivity contribution < 1.29 is 18.3 Å². The molecule has 0 saturated carbocycles. The molecule has 1 heterocycles. The van der Waals surface area contributed by atoms with E-state index in [1.165, 1.54) is 18.2 Å². The van der Waals surface area contributed by atoms with Crippen molar-refractivity contribution in [3.05, 3.63) is 53.1 Å². The quantitative estimate of drug-likeness (QED) is 0.796. The van der Waals surface area contributed by atoms with Gasteiger partial charge in [-0.15, -0.1) is 0 Å². The lowest BCUT2D eigenvalue weighted by atomic mass is 10.1. The molecule has 2 aromatic carbocycles. The van der Waals surface area contributed by atoms with E-state index >= 15 is 0 Å². The third-order valence-electron chi connectivity index (χ3n) is 3.40. The van der Waals surface area contributed by atoms with E-state index in [0.29, 0.717) is 5.56 Å². The Bertz CT molecular complexity index is 948. The lowest BCUT2D eigenvalue weighted by Gasteiger charge is -2.13. The summed E-state index contributed by atoms with van der Waals surface area (Å²) in [5, 5.41) is 11.1. The zero-order chi connectivity index (χ0) is 16.1. The number of hydrogen-bond acceptors (Lipinski definition) is 5. The maximum absolute atomic E-state index is 12.8. The van der Waals surface area contributed by atoms with Crippen molar-refractivity contribution in [2.75, 3.05) is 0 Å². The highest BCUT2D eigenvalue weighted by molar-refractivity contribution is 7.91. The number of aryl methyl sites for hydroxylation is 1. The number of halogens is 1. The van der Waals surface area contributed by atoms with Crippen molar-refractivity contribution in [2.45, 2.75) is 16.7 Å². The first-order valence-corrected chi connectivity index (χ1v) is 8.13. The second-order valence-electron chi connectivity index (χ2n) is 4.83. The van der Waals surface area contributed by atoms with Crippen LogP contribution in [0.1, 0.15) is 21.5 Å². The van der Waals surface area contributed by atoms with Crippen molar-refractivity contribution in [2.24, 2.45) is 4.99 Å². The number of para-hydroxylation sites is 1. The Morgan fingerprint density at radius 3 is 2.55 bits per heavy atom. The van der Waals surface area contributed by atoms with Crippen LogP contribution in [0, 0.1) is 6.92 Å². The Balaban J connectivity index is 2.48. The van der Waals surface area contributed by atoms with Gasteiger partial charge < -0.3 is 9.90 Å². The van der Waals surface area contributed by atoms with Crippen LogP contribution in [0.25, 0.3) is 0 Å². The number of benzene rings is 2. The first kappa shape index (κ1) is 14.7. The highest BCUT2D eigenvalue weighted by atomic mass is 35.5. The predicted molar refractivity (Wildman–Crippen MR) is 79.5 cm³/mol. The van der Waals surface area contributed by atoms with Crippen LogP contribution in [0.5, 0.6) is 0 Å². The van der Waals surface area contributed by atoms with Crippen LogP contribution in [0.3, 0.4) is 0 Å². The predicted octanol–water partition coefficient (Wildman–Crippen LogP) is 1.82. The van der Waals surface area contributed by atoms with E-state index in [9.17, 15) is 18.3 Å². The minimum absolute atomic E-state index is 0.00548. The highest BCUT2D eigenvalue weighted by Crippen LogP contribution is 2.37. The molecule has 0 saturated heterocycles. The molecule has 0 bridgehead atoms. The number of aromatic carboxylic acids is 1. The Hall–Kier alpha value is -2.18. The van der Waals surface area contributed by atoms with Crippen LogP contribution in [-0.2, 0) is 9.84 Å². The van der Waals surface area contributed by atoms with E-state index in [4.69, 9.17) is 11.6 Å². The van der Waals surface area contributed by atoms with Crippen LogP contribution in [0.15, 0.2) is 51.2 Å². The van der Waals surface area contributed by atoms with E-state index in [0.717, 1.165) is 6.07 Å². The van der Waals surface area contributed by atoms with Gasteiger partial charge in [0, 0.05) is 5.56 Å². The molecule has 0 unspecified atom stereocenters. The van der Waals surface area contributed by atoms with Crippen LogP contribution in [0.2, 0.25) is 0 Å². The molecule has 1 aliphatic rings. The molecule has 112 valence electrons. The standard InChI is InChI=1S/C15H10ClNO4S/c1-8-6-9(15(18)19)7-12-13(8)14(16)17-10-4-2-3-5-11(10)22(12,20)21/h2-7H,1H3,(H,18,19)/p-1. The van der Waals surface area contributed by atoms with Crippen molar-refractivity contribution in [1.82, 2.24) is 0 Å². The molecule has 0 aliphatic carbocycles. The van der Waals surface area contributed by atoms with Gasteiger partial charge in [-0.25, -0.2) is 13.4 Å². The molecule has 0 aromatic heterocycles. The maximum atomic E-state index is 12.8. The van der Waals surface area contributed by atoms with Gasteiger partial charge in [0.25, 0.3) is 0 Å². The lowest BCUT2D eigenvalue weighted by Crippen LogP contribution is -2.23. The number of nitrogens with zero attached hydrogens (tertiary/aromatic N) is 1. The first-order valence-electron chi connectivity index (χ1n) is 6.27. The van der Waals surface area contributed by atoms with Crippen molar-refractivity contribution in [3.8, 4) is 0 Å². The maximum Gasteiger partial charge on any atom is 0.209 e. The fourth-order valence-electron chi connectivity index (χ4n) is 2.41. The van der Waals surface area contributed by atoms with Crippen molar-refractivity contribution >= 4 is 38.3 Å². The Morgan fingerprint density at radius 1 is 1.18 bits per heavy atom. The van der Waals surface area contributed by atoms with E-state index in [-0.39, 0.29) is 31.8 Å². The van der Waals surface area contributed by atoms with Gasteiger partial charge in [-0.3, -0.25) is 0 Å². The summed E-state index contributed by atoms with van der Waals surface area (Å²) < 4.78 is 25.7. The summed E-state index contributed by atoms with van der Waals surface area (Å²) in [5.74, 6) is -1.45. The second-order valence-corrected chi connectivity index (χ2v) is 7.07. The first-order chi connectivity index (χ1) is 10.3. The number of fused-ring (bicyclic) bond motifs is 2. The molecule has 0 fully saturated rings. The van der Waals surface area contributed by atoms with E-state index < -0.39 is 15.8 Å². The minimum atomic E-state index is -3.94. The molecule has 2 aromatic rings. The summed E-state index contributed by atoms with van der Waals surface area (Å²) in [7, 11) is -3.94. The summed E-state index contributed by atoms with van der Waals surface area (Å²) in [6, 6.07) is 8.55. The number of rotatable bonds is 1. The summed E-state index contributed by atoms with van der Waals surface area (Å²) in [5.41, 5.74) is 0.617. The molecule has 1 aliphatic heterocycles. The molecule has 0 spiro atoms. The summed E-state index contributed by atoms with van der Waals surface area (Å²) in [6.07, 6.45) is 0. The van der Waals surface area contributed by atoms with Crippen LogP contribution < -0.4 is 5.11 Å². The average Bonchev–Trinajstić information content (AvgIpc) is 2.53. The number of aliphatic imine (C=N–C) groups is 1. The fourth-order valence-corrected chi connectivity index (χ4v) is 4.50. The Labute approximate surface area is 131 Å². The number of hydrogen-bond donors (Lipinski definition) is 0. The minimum Gasteiger partial charge on any atom is -0.545 e. The lowest BCUT2D eigenvalue weighted by molar-refractivity contribution is -0.255. The normalized spacial score (nSPS) is 15.3. The van der Waals surface area contributed by atoms with Gasteiger partial charge in [0.05, 0.1) is 21.4 Å². The molecule has 0 amide bonds. The SMILES string of the molecule is Cc1cc(C(=O)[O-])cc2c1C(Cl)=Nc1ccccc1S2(=O)=O. The van der Waals surface area contributed by atoms with Gasteiger partial charge in [-0.2, -0.15) is 0 Å². The Morgan fingerprint density at radius 2 is 1.86 bits per heavy atom. The smallest absolute Gasteiger partial charge is 0.209 e. The summed E-state index contributed by atoms with van der Waals surface area (Å²) >= 11 is 6.17. The van der Waals surface area contributed by atoms with Gasteiger partial charge in [-0.1, -0.05) is 23.7 Å². The molecule has 0 atom stereocenters. The van der Waals surface area contributed by atoms with Gasteiger partial charge >= 0.3 is 0 Å². The third kappa shape index (κ3) is 2.12. The van der Waals surface area contributed by atoms with Crippen molar-refractivity contribution in [3.63, 3.8) is 0 Å². The molecular formula is C15H9ClNO4S-. The van der Waals surface area contributed by atoms with Crippen LogP contribution >= 0.6 is 11.6 Å². The number of carboxylic acids is 1. The molecule has 5 nitrogen and oxygen atoms in total. The zero-order valence-corrected chi connectivity index (χ0v) is 12.9. The van der Waals surface area contributed by atoms with Gasteiger partial charge in [0.2, 0.25) is 9.84 Å². The largest absolute Gasteiger partial charge is 0.545 e. The summed E-state index contributed by atoms with van der Waals surface area (Å²) in [6.45, 7) is 1.58. The molecule has 3 rings (SSSR count). The topological polar surface area (TPSA) is 86.6 Å². The molecule has 22 heavy (non-hydrogen) atoms. The molecule has 0 radical (unpaired) electrons. The van der Waals surface area contributed by atoms with E-state index in [1.807, 2.05) is 0 Å². The fraction of sp³-hybridized carbons (Fsp3) is 0.0667. The van der Waals surface area contributed by atoms with E-state index in [1.54, 1.807) is 19.1 Å². The number of carboxylic acid groups (broad SMARTS) is 1. The average molecular weight is 335 g/mol. The number of carbonyl (C=O) groups is 1. The zero-order valence-electron chi connectivity index (χ0n) is 11.3. The number of carbonyl (C=O) groups excluding carboxylic acids is 1. The monoisotopic (exact) mass is 334 g/mol. The Kier molecular flexibility index (Phi) is 3.30. The van der Waals surface area contributed by atoms with Gasteiger partial charge in [0.1, 0.15) is 5.17 Å². The highest BCUT2D eigenvalue weighted by Gasteiger charge is 2.30. The molecule has 7 heteroatoms. The molecule has 0 N–H and O–H groups in total. The second kappa shape index (κ2) is 4.93. The van der Waals surface area contributed by atoms with E-state index in [2.05, 4.69) is 4.99 Å². The van der Waals surface area contributed by atoms with Crippen LogP contribution in [-0.4, -0.2) is 19.6 Å². The van der Waals surface area contributed by atoms with Gasteiger partial charge in [-0.05, 0) is 42.3 Å². The third-order valence-corrected chi connectivity index (χ3v) is 5.50. The van der Waals surface area contributed by atoms with Gasteiger partial charge in [0.15, 0.2) is 0 Å². The summed E-state index contributed by atoms with van der Waals surface area (Å²) in [4.78, 5) is 15.1.